The van der Waals surface area contributed by atoms with Gasteiger partial charge in [-0.2, -0.15) is 0 Å². The van der Waals surface area contributed by atoms with Crippen molar-refractivity contribution in [3.8, 4) is 5.75 Å². The minimum atomic E-state index is -0.934. The minimum Gasteiger partial charge on any atom is -0.489 e. The molecule has 1 N–H and O–H groups in total. The molecule has 0 saturated carbocycles. The summed E-state index contributed by atoms with van der Waals surface area (Å²) in [5.41, 5.74) is 5.80. The highest BCUT2D eigenvalue weighted by Gasteiger charge is 2.26. The number of allylic oxidation sites excluding steroid dienone is 1. The van der Waals surface area contributed by atoms with E-state index in [1.54, 1.807) is 30.3 Å². The number of carboxylic acid groups (broad SMARTS) is 1. The first kappa shape index (κ1) is 20.5. The first-order valence-electron chi connectivity index (χ1n) is 9.61. The van der Waals surface area contributed by atoms with Crippen LogP contribution in [0.2, 0.25) is 10.0 Å². The molecular formula is C25H20Cl2O3. The number of rotatable bonds is 6. The fourth-order valence-corrected chi connectivity index (χ4v) is 4.44. The highest BCUT2D eigenvalue weighted by atomic mass is 35.5. The molecule has 4 rings (SSSR count). The molecule has 152 valence electrons. The van der Waals surface area contributed by atoms with E-state index >= 15 is 0 Å². The van der Waals surface area contributed by atoms with E-state index in [2.05, 4.69) is 18.7 Å². The highest BCUT2D eigenvalue weighted by Crippen LogP contribution is 2.40. The summed E-state index contributed by atoms with van der Waals surface area (Å²) in [6.45, 7) is 4.69. The summed E-state index contributed by atoms with van der Waals surface area (Å²) >= 11 is 12.3. The van der Waals surface area contributed by atoms with Gasteiger partial charge in [0.15, 0.2) is 0 Å². The van der Waals surface area contributed by atoms with Crippen molar-refractivity contribution in [2.45, 2.75) is 19.4 Å². The van der Waals surface area contributed by atoms with E-state index < -0.39 is 5.97 Å². The Hall–Kier alpha value is -2.75. The Morgan fingerprint density at radius 2 is 1.70 bits per heavy atom. The second-order valence-electron chi connectivity index (χ2n) is 7.52. The van der Waals surface area contributed by atoms with Crippen LogP contribution in [0.1, 0.15) is 32.6 Å². The summed E-state index contributed by atoms with van der Waals surface area (Å²) in [7, 11) is 0. The van der Waals surface area contributed by atoms with Crippen molar-refractivity contribution >= 4 is 34.7 Å². The maximum Gasteiger partial charge on any atom is 0.335 e. The Bertz CT molecular complexity index is 1100. The van der Waals surface area contributed by atoms with E-state index in [-0.39, 0.29) is 5.56 Å². The van der Waals surface area contributed by atoms with E-state index in [0.717, 1.165) is 35.3 Å². The van der Waals surface area contributed by atoms with Crippen molar-refractivity contribution in [2.24, 2.45) is 5.92 Å². The number of hydrogen-bond acceptors (Lipinski definition) is 2. The maximum atomic E-state index is 11.0. The standard InChI is InChI=1S/C25H20Cl2O3/c1-15-19(8-17-9-21(26)13-22(27)10-17)11-20-12-23(6-7-24(15)20)30-14-16-2-4-18(5-3-16)25(28)29/h2-7,9-10,12-13,19H,1,8,11,14H2,(H,28,29). The third kappa shape index (κ3) is 4.53. The van der Waals surface area contributed by atoms with Crippen LogP contribution in [0.5, 0.6) is 5.75 Å². The third-order valence-corrected chi connectivity index (χ3v) is 5.83. The van der Waals surface area contributed by atoms with Crippen LogP contribution in [-0.4, -0.2) is 11.1 Å². The molecule has 1 aliphatic rings. The summed E-state index contributed by atoms with van der Waals surface area (Å²) in [6, 6.07) is 18.4. The van der Waals surface area contributed by atoms with Crippen LogP contribution >= 0.6 is 23.2 Å². The van der Waals surface area contributed by atoms with E-state index in [1.807, 2.05) is 18.2 Å². The molecule has 0 amide bonds. The Kier molecular flexibility index (Phi) is 5.85. The lowest BCUT2D eigenvalue weighted by atomic mass is 9.93. The number of carboxylic acids is 1. The van der Waals surface area contributed by atoms with Gasteiger partial charge in [-0.15, -0.1) is 0 Å². The molecule has 3 aromatic rings. The van der Waals surface area contributed by atoms with E-state index in [4.69, 9.17) is 33.0 Å². The molecule has 0 fully saturated rings. The second-order valence-corrected chi connectivity index (χ2v) is 8.39. The normalized spacial score (nSPS) is 15.1. The van der Waals surface area contributed by atoms with Gasteiger partial charge in [-0.05, 0) is 89.1 Å². The molecule has 5 heteroatoms. The maximum absolute atomic E-state index is 11.0. The van der Waals surface area contributed by atoms with Crippen molar-refractivity contribution in [3.63, 3.8) is 0 Å². The number of halogens is 2. The first-order valence-corrected chi connectivity index (χ1v) is 10.4. The molecule has 1 unspecified atom stereocenters. The van der Waals surface area contributed by atoms with Crippen molar-refractivity contribution in [1.29, 1.82) is 0 Å². The van der Waals surface area contributed by atoms with Crippen LogP contribution < -0.4 is 4.74 Å². The average Bonchev–Trinajstić information content (AvgIpc) is 3.00. The van der Waals surface area contributed by atoms with Gasteiger partial charge in [0.25, 0.3) is 0 Å². The molecule has 0 bridgehead atoms. The van der Waals surface area contributed by atoms with Gasteiger partial charge in [-0.25, -0.2) is 4.79 Å². The predicted molar refractivity (Wildman–Crippen MR) is 121 cm³/mol. The summed E-state index contributed by atoms with van der Waals surface area (Å²) in [5.74, 6) is 0.152. The zero-order chi connectivity index (χ0) is 21.3. The van der Waals surface area contributed by atoms with Gasteiger partial charge in [-0.1, -0.05) is 48.0 Å². The molecule has 30 heavy (non-hydrogen) atoms. The summed E-state index contributed by atoms with van der Waals surface area (Å²) in [5, 5.41) is 10.3. The highest BCUT2D eigenvalue weighted by molar-refractivity contribution is 6.34. The van der Waals surface area contributed by atoms with Crippen molar-refractivity contribution < 1.29 is 14.6 Å². The van der Waals surface area contributed by atoms with E-state index in [0.29, 0.717) is 22.6 Å². The molecule has 0 saturated heterocycles. The first-order chi connectivity index (χ1) is 14.4. The molecular weight excluding hydrogens is 419 g/mol. The summed E-state index contributed by atoms with van der Waals surface area (Å²) in [4.78, 5) is 11.0. The largest absolute Gasteiger partial charge is 0.489 e. The van der Waals surface area contributed by atoms with Crippen LogP contribution in [0, 0.1) is 5.92 Å². The molecule has 1 atom stereocenters. The lowest BCUT2D eigenvalue weighted by molar-refractivity contribution is 0.0697. The Balaban J connectivity index is 1.43. The lowest BCUT2D eigenvalue weighted by Crippen LogP contribution is -2.03. The number of carbonyl (C=O) groups is 1. The van der Waals surface area contributed by atoms with Gasteiger partial charge in [-0.3, -0.25) is 0 Å². The Morgan fingerprint density at radius 1 is 1.00 bits per heavy atom. The number of benzene rings is 3. The molecule has 0 heterocycles. The van der Waals surface area contributed by atoms with Gasteiger partial charge >= 0.3 is 5.97 Å². The Labute approximate surface area is 185 Å². The van der Waals surface area contributed by atoms with Crippen LogP contribution in [0.4, 0.5) is 0 Å². The van der Waals surface area contributed by atoms with Crippen LogP contribution in [-0.2, 0) is 19.4 Å². The van der Waals surface area contributed by atoms with Gasteiger partial charge in [0, 0.05) is 10.0 Å². The lowest BCUT2D eigenvalue weighted by Gasteiger charge is -2.12. The van der Waals surface area contributed by atoms with E-state index in [9.17, 15) is 4.79 Å². The van der Waals surface area contributed by atoms with Gasteiger partial charge in [0.2, 0.25) is 0 Å². The third-order valence-electron chi connectivity index (χ3n) is 5.39. The minimum absolute atomic E-state index is 0.266. The van der Waals surface area contributed by atoms with Gasteiger partial charge < -0.3 is 9.84 Å². The Morgan fingerprint density at radius 3 is 2.37 bits per heavy atom. The molecule has 0 spiro atoms. The SMILES string of the molecule is C=C1c2ccc(OCc3ccc(C(=O)O)cc3)cc2CC1Cc1cc(Cl)cc(Cl)c1. The topological polar surface area (TPSA) is 46.5 Å². The predicted octanol–water partition coefficient (Wildman–Crippen LogP) is 6.70. The summed E-state index contributed by atoms with van der Waals surface area (Å²) in [6.07, 6.45) is 1.72. The van der Waals surface area contributed by atoms with E-state index in [1.165, 1.54) is 11.1 Å². The van der Waals surface area contributed by atoms with Gasteiger partial charge in [0.05, 0.1) is 5.56 Å². The quantitative estimate of drug-likeness (QED) is 0.465. The molecule has 0 radical (unpaired) electrons. The fourth-order valence-electron chi connectivity index (χ4n) is 3.87. The van der Waals surface area contributed by atoms with Crippen molar-refractivity contribution in [1.82, 2.24) is 0 Å². The van der Waals surface area contributed by atoms with Crippen molar-refractivity contribution in [2.75, 3.05) is 0 Å². The van der Waals surface area contributed by atoms with Crippen molar-refractivity contribution in [3.05, 3.63) is 105 Å². The molecule has 3 nitrogen and oxygen atoms in total. The zero-order valence-corrected chi connectivity index (χ0v) is 17.7. The molecule has 1 aliphatic carbocycles. The summed E-state index contributed by atoms with van der Waals surface area (Å²) < 4.78 is 5.93. The van der Waals surface area contributed by atoms with Crippen LogP contribution in [0.3, 0.4) is 0 Å². The number of aromatic carboxylic acids is 1. The van der Waals surface area contributed by atoms with Crippen LogP contribution in [0.15, 0.2) is 67.2 Å². The monoisotopic (exact) mass is 438 g/mol. The second kappa shape index (κ2) is 8.55. The smallest absolute Gasteiger partial charge is 0.335 e. The molecule has 0 aromatic heterocycles. The zero-order valence-electron chi connectivity index (χ0n) is 16.2. The molecule has 3 aromatic carbocycles. The number of ether oxygens (including phenoxy) is 1. The van der Waals surface area contributed by atoms with Crippen LogP contribution in [0.25, 0.3) is 5.57 Å². The number of hydrogen-bond donors (Lipinski definition) is 1. The average molecular weight is 439 g/mol. The fraction of sp³-hybridized carbons (Fsp3) is 0.160. The molecule has 0 aliphatic heterocycles. The number of fused-ring (bicyclic) bond motifs is 1. The van der Waals surface area contributed by atoms with Gasteiger partial charge in [0.1, 0.15) is 12.4 Å².